The fourth-order valence-corrected chi connectivity index (χ4v) is 4.07. The molecule has 0 amide bonds. The smallest absolute Gasteiger partial charge is 0.0780 e. The van der Waals surface area contributed by atoms with Crippen LogP contribution in [0.4, 0.5) is 0 Å². The first-order chi connectivity index (χ1) is 14.1. The monoisotopic (exact) mass is 408 g/mol. The van der Waals surface area contributed by atoms with Gasteiger partial charge >= 0.3 is 0 Å². The van der Waals surface area contributed by atoms with E-state index < -0.39 is 0 Å². The number of hydrogen-bond acceptors (Lipinski definition) is 0. The van der Waals surface area contributed by atoms with Crippen molar-refractivity contribution in [3.8, 4) is 0 Å². The maximum Gasteiger partial charge on any atom is 0.0780 e. The van der Waals surface area contributed by atoms with Crippen molar-refractivity contribution in [2.45, 2.75) is 142 Å². The first-order valence-corrected chi connectivity index (χ1v) is 13.5. The molecule has 0 aromatic carbocycles. The van der Waals surface area contributed by atoms with E-state index in [2.05, 4.69) is 40.2 Å². The van der Waals surface area contributed by atoms with Gasteiger partial charge in [-0.3, -0.25) is 0 Å². The topological polar surface area (TPSA) is 0 Å². The van der Waals surface area contributed by atoms with Crippen LogP contribution in [-0.4, -0.2) is 32.2 Å². The molecule has 0 rings (SSSR count). The minimum absolute atomic E-state index is 1.12. The number of rotatable bonds is 23. The number of nitrogens with zero attached hydrogens (tertiary/aromatic N) is 1. The zero-order valence-corrected chi connectivity index (χ0v) is 21.2. The zero-order valence-electron chi connectivity index (χ0n) is 21.2. The van der Waals surface area contributed by atoms with Gasteiger partial charge in [-0.1, -0.05) is 115 Å². The van der Waals surface area contributed by atoms with E-state index in [4.69, 9.17) is 0 Å². The summed E-state index contributed by atoms with van der Waals surface area (Å²) in [6.07, 6.45) is 34.9. The molecule has 0 radical (unpaired) electrons. The fourth-order valence-electron chi connectivity index (χ4n) is 4.07. The van der Waals surface area contributed by atoms with Gasteiger partial charge in [-0.05, 0) is 38.5 Å². The van der Waals surface area contributed by atoms with E-state index in [1.54, 1.807) is 0 Å². The molecule has 0 aromatic heterocycles. The summed E-state index contributed by atoms with van der Waals surface area (Å²) in [5.41, 5.74) is 0. The average molecular weight is 409 g/mol. The third-order valence-corrected chi connectivity index (χ3v) is 6.09. The summed E-state index contributed by atoms with van der Waals surface area (Å²) >= 11 is 0. The van der Waals surface area contributed by atoms with Gasteiger partial charge in [0.2, 0.25) is 0 Å². The summed E-state index contributed by atoms with van der Waals surface area (Å²) in [5, 5.41) is 0. The van der Waals surface area contributed by atoms with Gasteiger partial charge in [-0.2, -0.15) is 0 Å². The van der Waals surface area contributed by atoms with Gasteiger partial charge in [0.25, 0.3) is 0 Å². The Balaban J connectivity index is 3.09. The number of unbranched alkanes of at least 4 members (excludes halogenated alkanes) is 19. The molecular weight excluding hydrogens is 350 g/mol. The van der Waals surface area contributed by atoms with Crippen LogP contribution in [0.2, 0.25) is 0 Å². The van der Waals surface area contributed by atoms with Crippen LogP contribution in [0.1, 0.15) is 142 Å². The van der Waals surface area contributed by atoms with E-state index >= 15 is 0 Å². The van der Waals surface area contributed by atoms with Gasteiger partial charge in [-0.15, -0.1) is 0 Å². The summed E-state index contributed by atoms with van der Waals surface area (Å²) in [6, 6.07) is 0. The highest BCUT2D eigenvalue weighted by atomic mass is 15.3. The molecule has 29 heavy (non-hydrogen) atoms. The minimum atomic E-state index is 1.12. The maximum atomic E-state index is 2.44. The second kappa shape index (κ2) is 22.4. The van der Waals surface area contributed by atoms with Crippen LogP contribution in [0, 0.1) is 0 Å². The van der Waals surface area contributed by atoms with Crippen molar-refractivity contribution in [1.29, 1.82) is 0 Å². The van der Waals surface area contributed by atoms with E-state index in [-0.39, 0.29) is 0 Å². The van der Waals surface area contributed by atoms with Crippen LogP contribution in [-0.2, 0) is 0 Å². The molecule has 0 N–H and O–H groups in total. The summed E-state index contributed by atoms with van der Waals surface area (Å²) in [6.45, 7) is 3.62. The standard InChI is InChI=1S/C28H58N/c1-5-6-7-8-9-10-11-12-13-14-15-16-17-18-19-20-21-22-23-24-25-26-27-28-29(2,3)4/h12-13H,5-11,14-28H2,1-4H3/q+1. The van der Waals surface area contributed by atoms with E-state index in [9.17, 15) is 0 Å². The Morgan fingerprint density at radius 2 is 0.724 bits per heavy atom. The lowest BCUT2D eigenvalue weighted by molar-refractivity contribution is -0.870. The van der Waals surface area contributed by atoms with E-state index in [0.29, 0.717) is 0 Å². The summed E-state index contributed by atoms with van der Waals surface area (Å²) in [7, 11) is 6.90. The van der Waals surface area contributed by atoms with Gasteiger partial charge < -0.3 is 4.48 Å². The van der Waals surface area contributed by atoms with Crippen molar-refractivity contribution in [2.75, 3.05) is 27.7 Å². The average Bonchev–Trinajstić information content (AvgIpc) is 2.67. The Labute approximate surface area is 186 Å². The first kappa shape index (κ1) is 28.7. The second-order valence-electron chi connectivity index (χ2n) is 10.4. The Morgan fingerprint density at radius 3 is 1.07 bits per heavy atom. The van der Waals surface area contributed by atoms with E-state index in [0.717, 1.165) is 4.48 Å². The molecule has 0 aliphatic rings. The molecule has 0 saturated carbocycles. The molecule has 0 bridgehead atoms. The highest BCUT2D eigenvalue weighted by Crippen LogP contribution is 2.14. The lowest BCUT2D eigenvalue weighted by Gasteiger charge is -2.23. The Morgan fingerprint density at radius 1 is 0.414 bits per heavy atom. The lowest BCUT2D eigenvalue weighted by atomic mass is 10.0. The highest BCUT2D eigenvalue weighted by Gasteiger charge is 2.04. The molecular formula is C28H58N+. The van der Waals surface area contributed by atoms with Crippen LogP contribution < -0.4 is 0 Å². The highest BCUT2D eigenvalue weighted by molar-refractivity contribution is 4.81. The van der Waals surface area contributed by atoms with Crippen molar-refractivity contribution in [3.05, 3.63) is 12.2 Å². The molecule has 0 saturated heterocycles. The molecule has 0 aliphatic heterocycles. The third-order valence-electron chi connectivity index (χ3n) is 6.09. The second-order valence-corrected chi connectivity index (χ2v) is 10.4. The summed E-state index contributed by atoms with van der Waals surface area (Å²) in [5.74, 6) is 0. The van der Waals surface area contributed by atoms with Gasteiger partial charge in [0.15, 0.2) is 0 Å². The number of allylic oxidation sites excluding steroid dienone is 2. The molecule has 0 heterocycles. The van der Waals surface area contributed by atoms with Gasteiger partial charge in [0.1, 0.15) is 0 Å². The normalized spacial score (nSPS) is 12.3. The van der Waals surface area contributed by atoms with Crippen LogP contribution in [0.25, 0.3) is 0 Å². The largest absolute Gasteiger partial charge is 0.331 e. The van der Waals surface area contributed by atoms with Gasteiger partial charge in [-0.25, -0.2) is 0 Å². The molecule has 0 aliphatic carbocycles. The lowest BCUT2D eigenvalue weighted by Crippen LogP contribution is -2.35. The third kappa shape index (κ3) is 27.7. The Bertz CT molecular complexity index is 326. The molecule has 0 spiro atoms. The fraction of sp³-hybridized carbons (Fsp3) is 0.929. The molecule has 0 unspecified atom stereocenters. The van der Waals surface area contributed by atoms with Gasteiger partial charge in [0, 0.05) is 0 Å². The predicted molar refractivity (Wildman–Crippen MR) is 135 cm³/mol. The predicted octanol–water partition coefficient (Wildman–Crippen LogP) is 9.46. The summed E-state index contributed by atoms with van der Waals surface area (Å²) in [4.78, 5) is 0. The quantitative estimate of drug-likeness (QED) is 0.0896. The van der Waals surface area contributed by atoms with Crippen molar-refractivity contribution in [2.24, 2.45) is 0 Å². The van der Waals surface area contributed by atoms with Gasteiger partial charge in [0.05, 0.1) is 27.7 Å². The van der Waals surface area contributed by atoms with Crippen LogP contribution >= 0.6 is 0 Å². The molecule has 174 valence electrons. The van der Waals surface area contributed by atoms with Crippen LogP contribution in [0.15, 0.2) is 12.2 Å². The van der Waals surface area contributed by atoms with Crippen molar-refractivity contribution >= 4 is 0 Å². The molecule has 1 heteroatoms. The zero-order chi connectivity index (χ0) is 21.5. The first-order valence-electron chi connectivity index (χ1n) is 13.5. The van der Waals surface area contributed by atoms with Crippen molar-refractivity contribution in [3.63, 3.8) is 0 Å². The molecule has 0 aromatic rings. The Hall–Kier alpha value is -0.300. The summed E-state index contributed by atoms with van der Waals surface area (Å²) < 4.78 is 1.12. The minimum Gasteiger partial charge on any atom is -0.331 e. The van der Waals surface area contributed by atoms with Crippen LogP contribution in [0.3, 0.4) is 0 Å². The van der Waals surface area contributed by atoms with E-state index in [1.807, 2.05) is 0 Å². The van der Waals surface area contributed by atoms with Crippen molar-refractivity contribution < 1.29 is 4.48 Å². The number of quaternary nitrogens is 1. The molecule has 0 atom stereocenters. The van der Waals surface area contributed by atoms with Crippen LogP contribution in [0.5, 0.6) is 0 Å². The number of hydrogen-bond donors (Lipinski definition) is 0. The van der Waals surface area contributed by atoms with E-state index in [1.165, 1.54) is 141 Å². The Kier molecular flexibility index (Phi) is 22.2. The molecule has 0 fully saturated rings. The van der Waals surface area contributed by atoms with Crippen molar-refractivity contribution in [1.82, 2.24) is 0 Å². The maximum absolute atomic E-state index is 2.44. The SMILES string of the molecule is CCCCCCCCC=CCCCCCCCCCCCCCCC[N+](C)(C)C. The molecule has 1 nitrogen and oxygen atoms in total.